The van der Waals surface area contributed by atoms with Crippen LogP contribution in [0, 0.1) is 6.92 Å². The van der Waals surface area contributed by atoms with Crippen LogP contribution in [0.25, 0.3) is 11.1 Å². The van der Waals surface area contributed by atoms with Crippen molar-refractivity contribution in [2.24, 2.45) is 0 Å². The van der Waals surface area contributed by atoms with Gasteiger partial charge < -0.3 is 20.1 Å². The first-order valence-electron chi connectivity index (χ1n) is 10.0. The molecule has 2 aromatic carbocycles. The van der Waals surface area contributed by atoms with Crippen LogP contribution in [0.3, 0.4) is 0 Å². The Morgan fingerprint density at radius 3 is 2.66 bits per heavy atom. The Morgan fingerprint density at radius 2 is 1.97 bits per heavy atom. The Hall–Kier alpha value is -3.36. The van der Waals surface area contributed by atoms with E-state index in [1.165, 1.54) is 7.11 Å². The molecule has 166 valence electrons. The van der Waals surface area contributed by atoms with E-state index in [0.29, 0.717) is 28.0 Å². The van der Waals surface area contributed by atoms with Gasteiger partial charge in [0.15, 0.2) is 0 Å². The van der Waals surface area contributed by atoms with Crippen LogP contribution in [-0.2, 0) is 20.9 Å². The fourth-order valence-corrected chi connectivity index (χ4v) is 3.90. The summed E-state index contributed by atoms with van der Waals surface area (Å²) in [4.78, 5) is 25.5. The predicted octanol–water partition coefficient (Wildman–Crippen LogP) is 4.19. The van der Waals surface area contributed by atoms with Gasteiger partial charge >= 0.3 is 0 Å². The first-order valence-corrected chi connectivity index (χ1v) is 10.4. The molecule has 1 aromatic heterocycles. The van der Waals surface area contributed by atoms with Gasteiger partial charge in [-0.05, 0) is 42.3 Å². The summed E-state index contributed by atoms with van der Waals surface area (Å²) >= 11 is 6.02. The number of carbonyl (C=O) groups is 2. The summed E-state index contributed by atoms with van der Waals surface area (Å²) < 4.78 is 12.2. The number of carbonyl (C=O) groups excluding carboxylic acids is 2. The van der Waals surface area contributed by atoms with Crippen molar-refractivity contribution < 1.29 is 19.1 Å². The molecule has 8 nitrogen and oxygen atoms in total. The number of hydrogen-bond donors (Lipinski definition) is 2. The molecule has 0 aliphatic carbocycles. The second-order valence-electron chi connectivity index (χ2n) is 7.52. The molecule has 0 fully saturated rings. The van der Waals surface area contributed by atoms with E-state index < -0.39 is 6.04 Å². The average Bonchev–Trinajstić information content (AvgIpc) is 3.24. The van der Waals surface area contributed by atoms with Gasteiger partial charge in [0, 0.05) is 17.7 Å². The van der Waals surface area contributed by atoms with E-state index in [1.54, 1.807) is 30.0 Å². The highest BCUT2D eigenvalue weighted by molar-refractivity contribution is 6.30. The minimum atomic E-state index is -0.780. The Bertz CT molecular complexity index is 1170. The van der Waals surface area contributed by atoms with Crippen LogP contribution in [0.2, 0.25) is 5.02 Å². The molecule has 2 amide bonds. The Labute approximate surface area is 190 Å². The average molecular weight is 455 g/mol. The molecule has 0 saturated carbocycles. The quantitative estimate of drug-likeness (QED) is 0.558. The highest BCUT2D eigenvalue weighted by Crippen LogP contribution is 2.39. The third-order valence-electron chi connectivity index (χ3n) is 5.24. The highest BCUT2D eigenvalue weighted by atomic mass is 35.5. The van der Waals surface area contributed by atoms with Crippen LogP contribution in [0.4, 0.5) is 11.5 Å². The lowest BCUT2D eigenvalue weighted by molar-refractivity contribution is -0.123. The number of benzene rings is 2. The molecule has 32 heavy (non-hydrogen) atoms. The molecule has 9 heteroatoms. The van der Waals surface area contributed by atoms with Gasteiger partial charge in [-0.1, -0.05) is 29.8 Å². The number of aromatic nitrogens is 2. The zero-order chi connectivity index (χ0) is 22.8. The molecule has 4 rings (SSSR count). The Balaban J connectivity index is 1.62. The number of amides is 2. The maximum Gasteiger partial charge on any atom is 0.251 e. The van der Waals surface area contributed by atoms with Crippen molar-refractivity contribution in [1.82, 2.24) is 9.78 Å². The van der Waals surface area contributed by atoms with Gasteiger partial charge in [-0.25, -0.2) is 4.68 Å². The fraction of sp³-hybridized carbons (Fsp3) is 0.261. The number of aryl methyl sites for hydroxylation is 1. The molecule has 0 bridgehead atoms. The lowest BCUT2D eigenvalue weighted by atomic mass is 10.1. The van der Waals surface area contributed by atoms with E-state index in [2.05, 4.69) is 15.7 Å². The van der Waals surface area contributed by atoms with Crippen LogP contribution in [0.15, 0.2) is 42.5 Å². The number of halogens is 1. The van der Waals surface area contributed by atoms with Gasteiger partial charge in [-0.2, -0.15) is 5.10 Å². The van der Waals surface area contributed by atoms with Crippen molar-refractivity contribution in [2.75, 3.05) is 24.9 Å². The van der Waals surface area contributed by atoms with Crippen LogP contribution in [0.1, 0.15) is 23.7 Å². The van der Waals surface area contributed by atoms with E-state index in [4.69, 9.17) is 21.1 Å². The number of nitrogens with one attached hydrogen (secondary N) is 2. The van der Waals surface area contributed by atoms with Crippen LogP contribution >= 0.6 is 11.6 Å². The second-order valence-corrected chi connectivity index (χ2v) is 7.95. The van der Waals surface area contributed by atoms with Gasteiger partial charge in [-0.3, -0.25) is 9.59 Å². The number of anilines is 2. The van der Waals surface area contributed by atoms with Crippen molar-refractivity contribution in [2.45, 2.75) is 26.0 Å². The summed E-state index contributed by atoms with van der Waals surface area (Å²) in [6.07, 6.45) is -0.0793. The Morgan fingerprint density at radius 1 is 1.22 bits per heavy atom. The first kappa shape index (κ1) is 21.9. The highest BCUT2D eigenvalue weighted by Gasteiger charge is 2.37. The molecule has 0 spiro atoms. The maximum atomic E-state index is 12.8. The fourth-order valence-electron chi connectivity index (χ4n) is 3.77. The van der Waals surface area contributed by atoms with Crippen molar-refractivity contribution in [3.63, 3.8) is 0 Å². The second kappa shape index (κ2) is 9.02. The Kier molecular flexibility index (Phi) is 6.16. The molecule has 1 aliphatic rings. The van der Waals surface area contributed by atoms with Crippen molar-refractivity contribution in [3.05, 3.63) is 58.7 Å². The number of ether oxygens (including phenoxy) is 2. The molecule has 0 saturated heterocycles. The molecule has 1 unspecified atom stereocenters. The molecule has 2 N–H and O–H groups in total. The molecular weight excluding hydrogens is 432 g/mol. The number of fused-ring (bicyclic) bond motifs is 1. The van der Waals surface area contributed by atoms with E-state index in [9.17, 15) is 9.59 Å². The normalized spacial score (nSPS) is 14.8. The summed E-state index contributed by atoms with van der Waals surface area (Å²) in [5, 5.41) is 10.9. The van der Waals surface area contributed by atoms with Gasteiger partial charge in [0.1, 0.15) is 17.6 Å². The molecule has 3 aromatic rings. The third kappa shape index (κ3) is 4.19. The smallest absolute Gasteiger partial charge is 0.251 e. The number of rotatable bonds is 7. The van der Waals surface area contributed by atoms with E-state index in [-0.39, 0.29) is 24.8 Å². The summed E-state index contributed by atoms with van der Waals surface area (Å²) in [7, 11) is 3.12. The van der Waals surface area contributed by atoms with E-state index in [1.807, 2.05) is 31.2 Å². The first-order chi connectivity index (χ1) is 15.4. The van der Waals surface area contributed by atoms with Gasteiger partial charge in [0.25, 0.3) is 5.91 Å². The van der Waals surface area contributed by atoms with Crippen molar-refractivity contribution >= 4 is 34.9 Å². The predicted molar refractivity (Wildman–Crippen MR) is 122 cm³/mol. The topological polar surface area (TPSA) is 94.5 Å². The van der Waals surface area contributed by atoms with Crippen molar-refractivity contribution in [3.8, 4) is 16.9 Å². The van der Waals surface area contributed by atoms with Gasteiger partial charge in [-0.15, -0.1) is 0 Å². The summed E-state index contributed by atoms with van der Waals surface area (Å²) in [5.41, 5.74) is 3.79. The number of hydrogen-bond acceptors (Lipinski definition) is 5. The molecular formula is C23H23ClN4O4. The lowest BCUT2D eigenvalue weighted by Crippen LogP contribution is -2.24. The largest absolute Gasteiger partial charge is 0.495 e. The summed E-state index contributed by atoms with van der Waals surface area (Å²) in [6.45, 7) is 2.18. The van der Waals surface area contributed by atoms with Gasteiger partial charge in [0.2, 0.25) is 5.91 Å². The molecule has 1 atom stereocenters. The summed E-state index contributed by atoms with van der Waals surface area (Å²) in [5.74, 6) is 0.471. The number of nitrogens with zero attached hydrogens (tertiary/aromatic N) is 2. The lowest BCUT2D eigenvalue weighted by Gasteiger charge is -2.13. The van der Waals surface area contributed by atoms with Crippen LogP contribution in [-0.4, -0.2) is 35.8 Å². The van der Waals surface area contributed by atoms with Crippen LogP contribution in [0.5, 0.6) is 5.75 Å². The van der Waals surface area contributed by atoms with Crippen molar-refractivity contribution in [1.29, 1.82) is 0 Å². The molecule has 0 radical (unpaired) electrons. The molecule has 1 aliphatic heterocycles. The standard InChI is InChI=1S/C23H23ClN4O4/c1-13-4-9-19(32-3)16(10-13)25-20(29)11-18-23(30)26-22-21(14-5-7-15(24)8-6-14)17(12-31-2)27-28(18)22/h4-10,18H,11-12H2,1-3H3,(H,25,29)(H,26,30). The van der Waals surface area contributed by atoms with Gasteiger partial charge in [0.05, 0.1) is 31.5 Å². The minimum absolute atomic E-state index is 0.0793. The molecule has 2 heterocycles. The van der Waals surface area contributed by atoms with E-state index in [0.717, 1.165) is 16.7 Å². The zero-order valence-corrected chi connectivity index (χ0v) is 18.7. The monoisotopic (exact) mass is 454 g/mol. The zero-order valence-electron chi connectivity index (χ0n) is 17.9. The number of methoxy groups -OCH3 is 2. The van der Waals surface area contributed by atoms with Crippen LogP contribution < -0.4 is 15.4 Å². The summed E-state index contributed by atoms with van der Waals surface area (Å²) in [6, 6.07) is 12.0. The minimum Gasteiger partial charge on any atom is -0.495 e. The maximum absolute atomic E-state index is 12.8. The van der Waals surface area contributed by atoms with E-state index >= 15 is 0 Å². The third-order valence-corrected chi connectivity index (χ3v) is 5.50. The SMILES string of the molecule is COCc1nn2c(c1-c1ccc(Cl)cc1)NC(=O)C2CC(=O)Nc1cc(C)ccc1OC.